The molecular formula is C12H7BrF2N2O3. The van der Waals surface area contributed by atoms with E-state index in [1.807, 2.05) is 0 Å². The summed E-state index contributed by atoms with van der Waals surface area (Å²) in [5.74, 6) is -3.80. The van der Waals surface area contributed by atoms with Gasteiger partial charge in [0.15, 0.2) is 11.6 Å². The van der Waals surface area contributed by atoms with Crippen LogP contribution in [0, 0.1) is 11.6 Å². The van der Waals surface area contributed by atoms with Gasteiger partial charge in [-0.3, -0.25) is 0 Å². The van der Waals surface area contributed by atoms with Crippen LogP contribution in [0.15, 0.2) is 29.1 Å². The minimum Gasteiger partial charge on any atom is -0.484 e. The summed E-state index contributed by atoms with van der Waals surface area (Å²) in [6.45, 7) is -0.322. The predicted molar refractivity (Wildman–Crippen MR) is 67.4 cm³/mol. The molecule has 0 radical (unpaired) electrons. The summed E-state index contributed by atoms with van der Waals surface area (Å²) < 4.78 is 32.0. The summed E-state index contributed by atoms with van der Waals surface area (Å²) in [6.07, 6.45) is 2.24. The standard InChI is InChI=1S/C12H7BrF2N2O3/c13-6-1-8(14)11(15)10(2-6)20-4-9-7(12(18)19)3-16-5-17-9/h1-3,5H,4H2,(H,18,19). The van der Waals surface area contributed by atoms with Gasteiger partial charge in [0.25, 0.3) is 0 Å². The second-order valence-corrected chi connectivity index (χ2v) is 4.59. The van der Waals surface area contributed by atoms with Gasteiger partial charge < -0.3 is 9.84 Å². The van der Waals surface area contributed by atoms with Gasteiger partial charge >= 0.3 is 5.97 Å². The van der Waals surface area contributed by atoms with Gasteiger partial charge in [0.05, 0.1) is 5.69 Å². The van der Waals surface area contributed by atoms with Crippen LogP contribution in [-0.4, -0.2) is 21.0 Å². The Morgan fingerprint density at radius 3 is 2.85 bits per heavy atom. The maximum atomic E-state index is 13.5. The van der Waals surface area contributed by atoms with E-state index in [2.05, 4.69) is 25.9 Å². The number of aromatic carboxylic acids is 1. The van der Waals surface area contributed by atoms with Crippen molar-refractivity contribution in [2.45, 2.75) is 6.61 Å². The molecule has 0 saturated carbocycles. The number of rotatable bonds is 4. The van der Waals surface area contributed by atoms with Gasteiger partial charge in [0.1, 0.15) is 18.5 Å². The lowest BCUT2D eigenvalue weighted by Crippen LogP contribution is -2.09. The number of halogens is 3. The highest BCUT2D eigenvalue weighted by Gasteiger charge is 2.15. The third kappa shape index (κ3) is 3.08. The first-order valence-electron chi connectivity index (χ1n) is 5.28. The third-order valence-corrected chi connectivity index (χ3v) is 2.81. The molecule has 1 heterocycles. The van der Waals surface area contributed by atoms with Crippen LogP contribution in [0.5, 0.6) is 5.75 Å². The van der Waals surface area contributed by atoms with Gasteiger partial charge in [0, 0.05) is 10.7 Å². The predicted octanol–water partition coefficient (Wildman–Crippen LogP) is 2.79. The molecule has 20 heavy (non-hydrogen) atoms. The summed E-state index contributed by atoms with van der Waals surface area (Å²) >= 11 is 3.00. The Morgan fingerprint density at radius 2 is 2.15 bits per heavy atom. The van der Waals surface area contributed by atoms with E-state index < -0.39 is 17.6 Å². The maximum Gasteiger partial charge on any atom is 0.339 e. The third-order valence-electron chi connectivity index (χ3n) is 2.35. The second-order valence-electron chi connectivity index (χ2n) is 3.68. The van der Waals surface area contributed by atoms with Crippen molar-refractivity contribution in [1.82, 2.24) is 9.97 Å². The zero-order valence-corrected chi connectivity index (χ0v) is 11.4. The minimum atomic E-state index is -1.23. The van der Waals surface area contributed by atoms with E-state index in [4.69, 9.17) is 9.84 Å². The first-order chi connectivity index (χ1) is 9.49. The Bertz CT molecular complexity index is 667. The largest absolute Gasteiger partial charge is 0.484 e. The fraction of sp³-hybridized carbons (Fsp3) is 0.0833. The molecule has 0 unspecified atom stereocenters. The van der Waals surface area contributed by atoms with Crippen LogP contribution in [0.3, 0.4) is 0 Å². The fourth-order valence-electron chi connectivity index (χ4n) is 1.43. The number of benzene rings is 1. The van der Waals surface area contributed by atoms with Crippen molar-refractivity contribution in [3.05, 3.63) is 52.0 Å². The van der Waals surface area contributed by atoms with E-state index in [0.717, 1.165) is 18.6 Å². The highest BCUT2D eigenvalue weighted by atomic mass is 79.9. The molecule has 104 valence electrons. The first-order valence-corrected chi connectivity index (χ1v) is 6.08. The van der Waals surface area contributed by atoms with Crippen molar-refractivity contribution >= 4 is 21.9 Å². The molecule has 2 aromatic rings. The van der Waals surface area contributed by atoms with Crippen LogP contribution in [0.25, 0.3) is 0 Å². The summed E-state index contributed by atoms with van der Waals surface area (Å²) in [5.41, 5.74) is -0.101. The van der Waals surface area contributed by atoms with Crippen LogP contribution >= 0.6 is 15.9 Å². The topological polar surface area (TPSA) is 72.3 Å². The average molecular weight is 345 g/mol. The number of carboxylic acid groups (broad SMARTS) is 1. The molecule has 0 aliphatic heterocycles. The molecule has 0 aliphatic rings. The van der Waals surface area contributed by atoms with Crippen LogP contribution in [0.4, 0.5) is 8.78 Å². The van der Waals surface area contributed by atoms with Gasteiger partial charge in [-0.05, 0) is 12.1 Å². The maximum absolute atomic E-state index is 13.5. The lowest BCUT2D eigenvalue weighted by molar-refractivity contribution is 0.0692. The summed E-state index contributed by atoms with van der Waals surface area (Å²) in [5, 5.41) is 8.93. The monoisotopic (exact) mass is 344 g/mol. The van der Waals surface area contributed by atoms with Crippen molar-refractivity contribution in [2.24, 2.45) is 0 Å². The van der Waals surface area contributed by atoms with Crippen molar-refractivity contribution in [3.8, 4) is 5.75 Å². The van der Waals surface area contributed by atoms with Gasteiger partial charge in [-0.2, -0.15) is 4.39 Å². The highest BCUT2D eigenvalue weighted by Crippen LogP contribution is 2.26. The average Bonchev–Trinajstić information content (AvgIpc) is 2.41. The molecule has 2 rings (SSSR count). The molecule has 1 aromatic heterocycles. The SMILES string of the molecule is O=C(O)c1cncnc1COc1cc(Br)cc(F)c1F. The Morgan fingerprint density at radius 1 is 1.40 bits per heavy atom. The number of hydrogen-bond acceptors (Lipinski definition) is 4. The van der Waals surface area contributed by atoms with E-state index in [0.29, 0.717) is 4.47 Å². The summed E-state index contributed by atoms with van der Waals surface area (Å²) in [7, 11) is 0. The molecule has 1 N–H and O–H groups in total. The molecular weight excluding hydrogens is 338 g/mol. The van der Waals surface area contributed by atoms with Gasteiger partial charge in [0.2, 0.25) is 5.82 Å². The fourth-order valence-corrected chi connectivity index (χ4v) is 1.84. The van der Waals surface area contributed by atoms with Crippen LogP contribution in [0.1, 0.15) is 16.1 Å². The van der Waals surface area contributed by atoms with Crippen molar-refractivity contribution < 1.29 is 23.4 Å². The Labute approximate surface area is 120 Å². The number of carboxylic acids is 1. The molecule has 0 spiro atoms. The van der Waals surface area contributed by atoms with E-state index >= 15 is 0 Å². The quantitative estimate of drug-likeness (QED) is 0.863. The molecule has 0 atom stereocenters. The summed E-state index contributed by atoms with van der Waals surface area (Å²) in [6, 6.07) is 2.19. The van der Waals surface area contributed by atoms with Gasteiger partial charge in [-0.15, -0.1) is 0 Å². The number of hydrogen-bond donors (Lipinski definition) is 1. The van der Waals surface area contributed by atoms with E-state index in [1.165, 1.54) is 6.07 Å². The second kappa shape index (κ2) is 5.91. The molecule has 0 aliphatic carbocycles. The number of carbonyl (C=O) groups is 1. The van der Waals surface area contributed by atoms with Crippen LogP contribution in [0.2, 0.25) is 0 Å². The Balaban J connectivity index is 2.24. The van der Waals surface area contributed by atoms with Crippen molar-refractivity contribution in [2.75, 3.05) is 0 Å². The highest BCUT2D eigenvalue weighted by molar-refractivity contribution is 9.10. The lowest BCUT2D eigenvalue weighted by Gasteiger charge is -2.09. The Hall–Kier alpha value is -2.09. The Kier molecular flexibility index (Phi) is 4.23. The molecule has 0 bridgehead atoms. The van der Waals surface area contributed by atoms with Gasteiger partial charge in [-0.25, -0.2) is 19.2 Å². The molecule has 0 saturated heterocycles. The smallest absolute Gasteiger partial charge is 0.339 e. The molecule has 1 aromatic carbocycles. The zero-order chi connectivity index (χ0) is 14.7. The summed E-state index contributed by atoms with van der Waals surface area (Å²) in [4.78, 5) is 18.3. The number of ether oxygens (including phenoxy) is 1. The number of nitrogens with zero attached hydrogens (tertiary/aromatic N) is 2. The zero-order valence-electron chi connectivity index (χ0n) is 9.81. The lowest BCUT2D eigenvalue weighted by atomic mass is 10.2. The normalized spacial score (nSPS) is 10.3. The number of aromatic nitrogens is 2. The van der Waals surface area contributed by atoms with Gasteiger partial charge in [-0.1, -0.05) is 15.9 Å². The molecule has 5 nitrogen and oxygen atoms in total. The molecule has 8 heteroatoms. The van der Waals surface area contributed by atoms with Crippen molar-refractivity contribution in [1.29, 1.82) is 0 Å². The minimum absolute atomic E-state index is 0.0623. The van der Waals surface area contributed by atoms with Crippen LogP contribution in [-0.2, 0) is 6.61 Å². The van der Waals surface area contributed by atoms with E-state index in [9.17, 15) is 13.6 Å². The first kappa shape index (κ1) is 14.3. The van der Waals surface area contributed by atoms with E-state index in [1.54, 1.807) is 0 Å². The molecule has 0 amide bonds. The van der Waals surface area contributed by atoms with E-state index in [-0.39, 0.29) is 23.6 Å². The molecule has 0 fully saturated rings. The van der Waals surface area contributed by atoms with Crippen LogP contribution < -0.4 is 4.74 Å². The van der Waals surface area contributed by atoms with Crippen molar-refractivity contribution in [3.63, 3.8) is 0 Å².